The summed E-state index contributed by atoms with van der Waals surface area (Å²) in [5.41, 5.74) is 1.19. The zero-order valence-electron chi connectivity index (χ0n) is 10.5. The molecule has 0 aromatic heterocycles. The Morgan fingerprint density at radius 3 is 2.22 bits per heavy atom. The quantitative estimate of drug-likeness (QED) is 0.427. The fourth-order valence-corrected chi connectivity index (χ4v) is 3.18. The minimum absolute atomic E-state index is 0.553. The van der Waals surface area contributed by atoms with Gasteiger partial charge in [-0.15, -0.1) is 0 Å². The van der Waals surface area contributed by atoms with Gasteiger partial charge in [0.2, 0.25) is 0 Å². The fraction of sp³-hybridized carbons (Fsp3) is 0.538. The van der Waals surface area contributed by atoms with Crippen LogP contribution in [0.1, 0.15) is 19.4 Å². The molecule has 0 saturated carbocycles. The van der Waals surface area contributed by atoms with Crippen molar-refractivity contribution in [2.75, 3.05) is 19.8 Å². The van der Waals surface area contributed by atoms with Crippen LogP contribution in [0, 0.1) is 5.92 Å². The van der Waals surface area contributed by atoms with Gasteiger partial charge in [-0.3, -0.25) is 0 Å². The number of hydrogen-bond donors (Lipinski definition) is 0. The van der Waals surface area contributed by atoms with E-state index in [1.807, 2.05) is 12.1 Å². The van der Waals surface area contributed by atoms with Gasteiger partial charge in [0.15, 0.2) is 0 Å². The molecule has 0 N–H and O–H groups in total. The van der Waals surface area contributed by atoms with Crippen LogP contribution in [0.25, 0.3) is 0 Å². The lowest BCUT2D eigenvalue weighted by atomic mass is 10.2. The summed E-state index contributed by atoms with van der Waals surface area (Å²) in [4.78, 5) is 0. The van der Waals surface area contributed by atoms with Crippen molar-refractivity contribution in [3.8, 4) is 5.75 Å². The number of ether oxygens (including phenoxy) is 2. The summed E-state index contributed by atoms with van der Waals surface area (Å²) >= 11 is 10.5. The monoisotopic (exact) mass is 442 g/mol. The minimum Gasteiger partial charge on any atom is -0.489 e. The molecule has 0 spiro atoms. The lowest BCUT2D eigenvalue weighted by Crippen LogP contribution is -2.10. The summed E-state index contributed by atoms with van der Waals surface area (Å²) in [6.07, 6.45) is 0. The average Bonchev–Trinajstić information content (AvgIpc) is 2.31. The smallest absolute Gasteiger partial charge is 0.147 e. The summed E-state index contributed by atoms with van der Waals surface area (Å²) in [6, 6.07) is 4.09. The van der Waals surface area contributed by atoms with E-state index in [1.54, 1.807) is 0 Å². The maximum absolute atomic E-state index is 5.71. The van der Waals surface area contributed by atoms with Crippen molar-refractivity contribution in [2.24, 2.45) is 5.92 Å². The van der Waals surface area contributed by atoms with E-state index in [-0.39, 0.29) is 0 Å². The molecule has 1 rings (SSSR count). The van der Waals surface area contributed by atoms with Gasteiger partial charge in [-0.05, 0) is 55.5 Å². The van der Waals surface area contributed by atoms with Crippen LogP contribution < -0.4 is 4.74 Å². The summed E-state index contributed by atoms with van der Waals surface area (Å²) in [6.45, 7) is 6.20. The van der Waals surface area contributed by atoms with Crippen molar-refractivity contribution >= 4 is 47.8 Å². The molecule has 1 aromatic carbocycles. The summed E-state index contributed by atoms with van der Waals surface area (Å²) in [7, 11) is 0. The molecule has 0 aliphatic heterocycles. The molecular weight excluding hydrogens is 428 g/mol. The molecule has 18 heavy (non-hydrogen) atoms. The number of rotatable bonds is 7. The summed E-state index contributed by atoms with van der Waals surface area (Å²) in [5, 5.41) is 0.821. The third-order valence-corrected chi connectivity index (χ3v) is 3.96. The minimum atomic E-state index is 0.553. The number of hydrogen-bond acceptors (Lipinski definition) is 2. The molecule has 102 valence electrons. The Labute approximate surface area is 134 Å². The summed E-state index contributed by atoms with van der Waals surface area (Å²) < 4.78 is 13.1. The molecule has 0 aliphatic carbocycles. The molecule has 1 aromatic rings. The van der Waals surface area contributed by atoms with E-state index >= 15 is 0 Å². The van der Waals surface area contributed by atoms with E-state index in [1.165, 1.54) is 5.56 Å². The predicted molar refractivity (Wildman–Crippen MR) is 85.6 cm³/mol. The topological polar surface area (TPSA) is 18.5 Å². The Balaban J connectivity index is 2.47. The van der Waals surface area contributed by atoms with Crippen LogP contribution in [0.2, 0.25) is 0 Å². The van der Waals surface area contributed by atoms with Gasteiger partial charge in [-0.2, -0.15) is 0 Å². The largest absolute Gasteiger partial charge is 0.489 e. The van der Waals surface area contributed by atoms with Crippen molar-refractivity contribution in [2.45, 2.75) is 19.2 Å². The van der Waals surface area contributed by atoms with Gasteiger partial charge >= 0.3 is 0 Å². The molecular formula is C13H17Br3O2. The van der Waals surface area contributed by atoms with Crippen molar-refractivity contribution in [3.05, 3.63) is 26.6 Å². The van der Waals surface area contributed by atoms with Crippen LogP contribution in [0.15, 0.2) is 21.1 Å². The van der Waals surface area contributed by atoms with Crippen molar-refractivity contribution in [1.29, 1.82) is 0 Å². The Kier molecular flexibility index (Phi) is 7.84. The maximum atomic E-state index is 5.71. The second kappa shape index (κ2) is 8.56. The molecule has 0 bridgehead atoms. The third-order valence-electron chi connectivity index (χ3n) is 2.14. The molecule has 0 unspecified atom stereocenters. The third kappa shape index (κ3) is 5.59. The highest BCUT2D eigenvalue weighted by atomic mass is 79.9. The van der Waals surface area contributed by atoms with Gasteiger partial charge in [0.1, 0.15) is 12.4 Å². The number of alkyl halides is 1. The predicted octanol–water partition coefficient (Wildman–Crippen LogP) is 5.16. The van der Waals surface area contributed by atoms with Gasteiger partial charge in [0, 0.05) is 11.9 Å². The van der Waals surface area contributed by atoms with Gasteiger partial charge in [-0.1, -0.05) is 29.8 Å². The molecule has 0 heterocycles. The Morgan fingerprint density at radius 2 is 1.72 bits per heavy atom. The van der Waals surface area contributed by atoms with E-state index in [9.17, 15) is 0 Å². The second-order valence-corrected chi connectivity index (χ2v) is 6.61. The lowest BCUT2D eigenvalue weighted by Gasteiger charge is -2.12. The zero-order chi connectivity index (χ0) is 13.5. The standard InChI is InChI=1S/C13H17Br3O2/c1-9(2)8-17-3-4-18-13-11(15)5-10(7-14)6-12(13)16/h5-6,9H,3-4,7-8H2,1-2H3. The van der Waals surface area contributed by atoms with Gasteiger partial charge in [-0.25, -0.2) is 0 Å². The van der Waals surface area contributed by atoms with Gasteiger partial charge in [0.05, 0.1) is 15.6 Å². The molecule has 0 aliphatic rings. The molecule has 0 atom stereocenters. The zero-order valence-corrected chi connectivity index (χ0v) is 15.3. The SMILES string of the molecule is CC(C)COCCOc1c(Br)cc(CBr)cc1Br. The Bertz CT molecular complexity index is 357. The highest BCUT2D eigenvalue weighted by Gasteiger charge is 2.08. The van der Waals surface area contributed by atoms with Gasteiger partial charge in [0.25, 0.3) is 0 Å². The summed E-state index contributed by atoms with van der Waals surface area (Å²) in [5.74, 6) is 1.38. The van der Waals surface area contributed by atoms with Crippen LogP contribution in [0.4, 0.5) is 0 Å². The van der Waals surface area contributed by atoms with Gasteiger partial charge < -0.3 is 9.47 Å². The van der Waals surface area contributed by atoms with E-state index in [0.717, 1.165) is 26.6 Å². The van der Waals surface area contributed by atoms with Crippen LogP contribution in [0.5, 0.6) is 5.75 Å². The average molecular weight is 445 g/mol. The lowest BCUT2D eigenvalue weighted by molar-refractivity contribution is 0.0815. The van der Waals surface area contributed by atoms with Crippen LogP contribution in [-0.2, 0) is 10.1 Å². The molecule has 0 radical (unpaired) electrons. The molecule has 0 fully saturated rings. The first-order valence-electron chi connectivity index (χ1n) is 5.79. The normalized spacial score (nSPS) is 11.0. The Morgan fingerprint density at radius 1 is 1.11 bits per heavy atom. The van der Waals surface area contributed by atoms with E-state index < -0.39 is 0 Å². The van der Waals surface area contributed by atoms with Crippen molar-refractivity contribution < 1.29 is 9.47 Å². The maximum Gasteiger partial charge on any atom is 0.147 e. The number of halogens is 3. The molecule has 0 amide bonds. The first-order chi connectivity index (χ1) is 8.54. The number of benzene rings is 1. The molecule has 5 heteroatoms. The highest BCUT2D eigenvalue weighted by Crippen LogP contribution is 2.35. The highest BCUT2D eigenvalue weighted by molar-refractivity contribution is 9.11. The van der Waals surface area contributed by atoms with Crippen LogP contribution in [0.3, 0.4) is 0 Å². The fourth-order valence-electron chi connectivity index (χ4n) is 1.35. The van der Waals surface area contributed by atoms with Crippen molar-refractivity contribution in [3.63, 3.8) is 0 Å². The Hall–Kier alpha value is 0.420. The second-order valence-electron chi connectivity index (χ2n) is 4.34. The first-order valence-corrected chi connectivity index (χ1v) is 8.49. The van der Waals surface area contributed by atoms with Crippen molar-refractivity contribution in [1.82, 2.24) is 0 Å². The van der Waals surface area contributed by atoms with Crippen LogP contribution >= 0.6 is 47.8 Å². The van der Waals surface area contributed by atoms with E-state index in [4.69, 9.17) is 9.47 Å². The molecule has 2 nitrogen and oxygen atoms in total. The first kappa shape index (κ1) is 16.5. The van der Waals surface area contributed by atoms with E-state index in [0.29, 0.717) is 19.1 Å². The van der Waals surface area contributed by atoms with E-state index in [2.05, 4.69) is 61.6 Å². The van der Waals surface area contributed by atoms with Crippen LogP contribution in [-0.4, -0.2) is 19.8 Å². The molecule has 0 saturated heterocycles.